The number of allylic oxidation sites excluding steroid dienone is 30. The molecule has 0 heterocycles. The lowest BCUT2D eigenvalue weighted by molar-refractivity contribution is -0.870. The molecular weight excluding hydrogens is 1250 g/mol. The van der Waals surface area contributed by atoms with Crippen molar-refractivity contribution >= 4 is 19.8 Å². The minimum atomic E-state index is -4.66. The lowest BCUT2D eigenvalue weighted by Gasteiger charge is -2.28. The van der Waals surface area contributed by atoms with Crippen LogP contribution in [0.4, 0.5) is 0 Å². The molecule has 0 spiro atoms. The number of likely N-dealkylation sites (N-methyl/N-ethyl adjacent to an activating group) is 1. The number of quaternary nitrogens is 1. The number of esters is 2. The molecule has 0 saturated carbocycles. The lowest BCUT2D eigenvalue weighted by atomic mass is 10.0. The van der Waals surface area contributed by atoms with E-state index in [9.17, 15) is 19.0 Å². The zero-order chi connectivity index (χ0) is 72.5. The van der Waals surface area contributed by atoms with Crippen LogP contribution in [-0.2, 0) is 32.7 Å². The monoisotopic (exact) mass is 1400 g/mol. The summed E-state index contributed by atoms with van der Waals surface area (Å²) in [6.45, 7) is 4.01. The Morgan fingerprint density at radius 2 is 0.540 bits per heavy atom. The summed E-state index contributed by atoms with van der Waals surface area (Å²) in [6.07, 6.45) is 120. The molecule has 0 aliphatic carbocycles. The first-order chi connectivity index (χ1) is 49.0. The van der Waals surface area contributed by atoms with E-state index in [4.69, 9.17) is 18.5 Å². The molecule has 0 aromatic heterocycles. The minimum absolute atomic E-state index is 0.0394. The molecular formula is C90H150NO8P. The van der Waals surface area contributed by atoms with E-state index in [0.717, 1.165) is 141 Å². The van der Waals surface area contributed by atoms with Crippen molar-refractivity contribution in [2.24, 2.45) is 0 Å². The fourth-order valence-electron chi connectivity index (χ4n) is 10.8. The zero-order valence-electron chi connectivity index (χ0n) is 64.8. The summed E-state index contributed by atoms with van der Waals surface area (Å²) in [7, 11) is 1.15. The van der Waals surface area contributed by atoms with Gasteiger partial charge < -0.3 is 27.9 Å². The Labute approximate surface area is 616 Å². The van der Waals surface area contributed by atoms with Crippen LogP contribution in [0.5, 0.6) is 0 Å². The molecule has 0 aliphatic heterocycles. The SMILES string of the molecule is CC/C=C\C/C=C\C/C=C\C/C=C\C/C=C\C/C=C\C/C=C\C/C=C\C/C=C\C/C=C\CCCCCCCCCCC(=O)OC(COC(=O)CCCCCCCCCCCCCCCCCCCCCCC/C=C\C/C=C\C/C=C\C/C=C\C/C=C\CC)COP(=O)([O-])OCC[N+](C)(C)C. The van der Waals surface area contributed by atoms with E-state index in [2.05, 4.69) is 196 Å². The maximum Gasteiger partial charge on any atom is 0.306 e. The highest BCUT2D eigenvalue weighted by Gasteiger charge is 2.22. The highest BCUT2D eigenvalue weighted by atomic mass is 31.2. The van der Waals surface area contributed by atoms with Crippen molar-refractivity contribution in [1.29, 1.82) is 0 Å². The molecule has 0 bridgehead atoms. The second kappa shape index (κ2) is 78.3. The summed E-state index contributed by atoms with van der Waals surface area (Å²) < 4.78 is 34.4. The zero-order valence-corrected chi connectivity index (χ0v) is 65.7. The summed E-state index contributed by atoms with van der Waals surface area (Å²) in [4.78, 5) is 38.2. The number of carbonyl (C=O) groups excluding carboxylic acids is 2. The van der Waals surface area contributed by atoms with Crippen molar-refractivity contribution in [1.82, 2.24) is 0 Å². The Hall–Kier alpha value is -4.89. The van der Waals surface area contributed by atoms with Gasteiger partial charge >= 0.3 is 11.9 Å². The molecule has 10 heteroatoms. The largest absolute Gasteiger partial charge is 0.756 e. The third-order valence-electron chi connectivity index (χ3n) is 16.9. The fourth-order valence-corrected chi connectivity index (χ4v) is 11.6. The number of hydrogen-bond acceptors (Lipinski definition) is 8. The summed E-state index contributed by atoms with van der Waals surface area (Å²) in [5, 5.41) is 0. The number of nitrogens with zero attached hydrogens (tertiary/aromatic N) is 1. The van der Waals surface area contributed by atoms with Gasteiger partial charge in [0.15, 0.2) is 6.10 Å². The standard InChI is InChI=1S/C90H150NO8P/c1-6-8-10-12-14-16-18-20-22-24-26-28-30-32-34-36-38-40-42-44-45-47-49-51-53-55-57-59-61-63-65-67-69-71-73-75-77-79-81-83-90(93)99-88(87-98-100(94,95)97-85-84-91(3,4)5)86-96-89(92)82-80-78-76-74-72-70-68-66-64-62-60-58-56-54-52-50-48-46-43-41-39-37-35-33-31-29-27-25-23-21-19-17-15-13-11-9-7-2/h8-11,14-17,20-23,26-29,32-35,38,40,44-45,49,51,55,57,61,63,88H,6-7,12-13,18-19,24-25,30-31,36-37,39,41-43,46-48,50,52-54,56,58-60,62,64-87H2,1-5H3/b10-8-,11-9-,16-14-,17-15-,22-20-,23-21-,28-26-,29-27-,34-32-,35-33-,40-38-,45-44-,51-49-,57-55-,63-61-. The molecule has 9 nitrogen and oxygen atoms in total. The average molecular weight is 1410 g/mol. The predicted octanol–water partition coefficient (Wildman–Crippen LogP) is 26.8. The van der Waals surface area contributed by atoms with E-state index < -0.39 is 26.5 Å². The van der Waals surface area contributed by atoms with Crippen molar-refractivity contribution in [3.05, 3.63) is 182 Å². The molecule has 2 unspecified atom stereocenters. The van der Waals surface area contributed by atoms with E-state index in [-0.39, 0.29) is 32.0 Å². The van der Waals surface area contributed by atoms with Gasteiger partial charge in [0.25, 0.3) is 7.82 Å². The van der Waals surface area contributed by atoms with Gasteiger partial charge in [-0.2, -0.15) is 0 Å². The van der Waals surface area contributed by atoms with Crippen LogP contribution in [0, 0.1) is 0 Å². The lowest BCUT2D eigenvalue weighted by Crippen LogP contribution is -2.37. The number of rotatable bonds is 73. The van der Waals surface area contributed by atoms with Crippen LogP contribution in [-0.4, -0.2) is 70.0 Å². The van der Waals surface area contributed by atoms with Crippen molar-refractivity contribution < 1.29 is 42.1 Å². The average Bonchev–Trinajstić information content (AvgIpc) is 1.07. The van der Waals surface area contributed by atoms with Crippen LogP contribution >= 0.6 is 7.82 Å². The van der Waals surface area contributed by atoms with Crippen LogP contribution in [0.15, 0.2) is 182 Å². The minimum Gasteiger partial charge on any atom is -0.756 e. The summed E-state index contributed by atoms with van der Waals surface area (Å²) >= 11 is 0. The van der Waals surface area contributed by atoms with Crippen molar-refractivity contribution in [3.63, 3.8) is 0 Å². The Balaban J connectivity index is 4.03. The van der Waals surface area contributed by atoms with Crippen molar-refractivity contribution in [2.75, 3.05) is 47.5 Å². The maximum absolute atomic E-state index is 12.9. The second-order valence-electron chi connectivity index (χ2n) is 27.7. The highest BCUT2D eigenvalue weighted by Crippen LogP contribution is 2.38. The van der Waals surface area contributed by atoms with E-state index in [1.165, 1.54) is 148 Å². The summed E-state index contributed by atoms with van der Waals surface area (Å²) in [6, 6.07) is 0. The molecule has 0 aromatic carbocycles. The molecule has 0 amide bonds. The number of hydrogen-bond donors (Lipinski definition) is 0. The number of ether oxygens (including phenoxy) is 2. The number of unbranched alkanes of at least 4 members (excludes halogenated alkanes) is 29. The first kappa shape index (κ1) is 95.1. The molecule has 0 aliphatic rings. The van der Waals surface area contributed by atoms with Gasteiger partial charge in [-0.05, 0) is 135 Å². The summed E-state index contributed by atoms with van der Waals surface area (Å²) in [5.41, 5.74) is 0. The van der Waals surface area contributed by atoms with Crippen LogP contribution in [0.25, 0.3) is 0 Å². The van der Waals surface area contributed by atoms with Crippen LogP contribution in [0.3, 0.4) is 0 Å². The van der Waals surface area contributed by atoms with E-state index in [1.807, 2.05) is 21.1 Å². The van der Waals surface area contributed by atoms with Crippen molar-refractivity contribution in [3.8, 4) is 0 Å². The van der Waals surface area contributed by atoms with Crippen LogP contribution in [0.2, 0.25) is 0 Å². The van der Waals surface area contributed by atoms with Gasteiger partial charge in [0.05, 0.1) is 27.7 Å². The normalized spacial score (nSPS) is 14.0. The Kier molecular flexibility index (Phi) is 74.4. The maximum atomic E-state index is 12.9. The number of phosphoric ester groups is 1. The predicted molar refractivity (Wildman–Crippen MR) is 433 cm³/mol. The summed E-state index contributed by atoms with van der Waals surface area (Å²) in [5.74, 6) is -0.842. The molecule has 0 radical (unpaired) electrons. The van der Waals surface area contributed by atoms with Gasteiger partial charge in [-0.3, -0.25) is 14.2 Å². The van der Waals surface area contributed by atoms with Gasteiger partial charge in [0, 0.05) is 12.8 Å². The molecule has 0 fully saturated rings. The Morgan fingerprint density at radius 1 is 0.310 bits per heavy atom. The van der Waals surface area contributed by atoms with Gasteiger partial charge in [0.1, 0.15) is 19.8 Å². The number of phosphoric acid groups is 1. The highest BCUT2D eigenvalue weighted by molar-refractivity contribution is 7.45. The molecule has 0 aromatic rings. The molecule has 0 rings (SSSR count). The second-order valence-corrected chi connectivity index (χ2v) is 29.1. The van der Waals surface area contributed by atoms with E-state index in [1.54, 1.807) is 0 Å². The van der Waals surface area contributed by atoms with E-state index in [0.29, 0.717) is 17.4 Å². The van der Waals surface area contributed by atoms with Crippen molar-refractivity contribution in [2.45, 2.75) is 328 Å². The molecule has 0 N–H and O–H groups in total. The molecule has 568 valence electrons. The quantitative estimate of drug-likeness (QED) is 0.0195. The van der Waals surface area contributed by atoms with Crippen LogP contribution in [0.1, 0.15) is 322 Å². The molecule has 0 saturated heterocycles. The first-order valence-corrected chi connectivity index (χ1v) is 42.0. The Morgan fingerprint density at radius 3 is 0.800 bits per heavy atom. The van der Waals surface area contributed by atoms with Gasteiger partial charge in [-0.25, -0.2) is 0 Å². The van der Waals surface area contributed by atoms with Gasteiger partial charge in [0.2, 0.25) is 0 Å². The van der Waals surface area contributed by atoms with Crippen LogP contribution < -0.4 is 4.89 Å². The van der Waals surface area contributed by atoms with E-state index >= 15 is 0 Å². The van der Waals surface area contributed by atoms with Gasteiger partial charge in [-0.1, -0.05) is 357 Å². The topological polar surface area (TPSA) is 111 Å². The smallest absolute Gasteiger partial charge is 0.306 e. The third-order valence-corrected chi connectivity index (χ3v) is 17.9. The molecule has 100 heavy (non-hydrogen) atoms. The first-order valence-electron chi connectivity index (χ1n) is 40.5. The number of carbonyl (C=O) groups is 2. The molecule has 2 atom stereocenters. The Bertz CT molecular complexity index is 2350. The van der Waals surface area contributed by atoms with Gasteiger partial charge in [-0.15, -0.1) is 0 Å². The fraction of sp³-hybridized carbons (Fsp3) is 0.644. The third kappa shape index (κ3) is 82.1.